The summed E-state index contributed by atoms with van der Waals surface area (Å²) in [5, 5.41) is 10.1. The Bertz CT molecular complexity index is 589. The minimum Gasteiger partial charge on any atom is -0.390 e. The fourth-order valence-electron chi connectivity index (χ4n) is 2.11. The molecule has 0 amide bonds. The molecule has 6 nitrogen and oxygen atoms in total. The molecule has 7 heteroatoms. The molecule has 0 aromatic carbocycles. The summed E-state index contributed by atoms with van der Waals surface area (Å²) in [6, 6.07) is 0. The summed E-state index contributed by atoms with van der Waals surface area (Å²) in [6.07, 6.45) is 2.80. The fourth-order valence-corrected chi connectivity index (χ4v) is 2.31. The number of aliphatic hydroxyl groups is 1. The Balaban J connectivity index is 2.13. The normalized spacial score (nSPS) is 13.3. The Hall–Kier alpha value is -1.31. The molecule has 0 saturated heterocycles. The van der Waals surface area contributed by atoms with Crippen LogP contribution in [-0.4, -0.2) is 55.3 Å². The van der Waals surface area contributed by atoms with Gasteiger partial charge >= 0.3 is 0 Å². The number of nitrogens with one attached hydrogen (secondary N) is 1. The molecule has 0 aliphatic heterocycles. The average molecular weight is 281 g/mol. The maximum Gasteiger partial charge on any atom is 0.157 e. The van der Waals surface area contributed by atoms with Gasteiger partial charge in [-0.25, -0.2) is 9.97 Å². The molecule has 0 spiro atoms. The summed E-state index contributed by atoms with van der Waals surface area (Å²) in [7, 11) is 0. The van der Waals surface area contributed by atoms with Crippen molar-refractivity contribution in [2.45, 2.75) is 26.5 Å². The third-order valence-electron chi connectivity index (χ3n) is 3.19. The first-order valence-corrected chi connectivity index (χ1v) is 6.85. The van der Waals surface area contributed by atoms with Gasteiger partial charge in [0.1, 0.15) is 11.2 Å². The van der Waals surface area contributed by atoms with Gasteiger partial charge in [0.15, 0.2) is 4.64 Å². The van der Waals surface area contributed by atoms with Gasteiger partial charge in [-0.05, 0) is 13.1 Å². The highest BCUT2D eigenvalue weighted by molar-refractivity contribution is 7.71. The van der Waals surface area contributed by atoms with Crippen LogP contribution in [0.2, 0.25) is 0 Å². The molecule has 0 radical (unpaired) electrons. The summed E-state index contributed by atoms with van der Waals surface area (Å²) < 4.78 is 2.35. The number of nitrogens with zero attached hydrogens (tertiary/aromatic N) is 4. The average Bonchev–Trinajstić information content (AvgIpc) is 2.81. The number of hydrogen-bond donors (Lipinski definition) is 2. The van der Waals surface area contributed by atoms with E-state index in [-0.39, 0.29) is 0 Å². The van der Waals surface area contributed by atoms with Gasteiger partial charge in [-0.1, -0.05) is 26.1 Å². The maximum atomic E-state index is 10.1. The SMILES string of the molecule is CCN(CC)C[C@@H](O)Cn1cnc2c(=S)nc[nH]c21. The van der Waals surface area contributed by atoms with E-state index in [9.17, 15) is 5.11 Å². The number of H-pyrrole nitrogens is 1. The molecule has 1 atom stereocenters. The van der Waals surface area contributed by atoms with Gasteiger partial charge in [0, 0.05) is 6.54 Å². The van der Waals surface area contributed by atoms with Crippen molar-refractivity contribution in [2.24, 2.45) is 0 Å². The Labute approximate surface area is 117 Å². The van der Waals surface area contributed by atoms with Crippen LogP contribution in [0.1, 0.15) is 13.8 Å². The van der Waals surface area contributed by atoms with E-state index in [2.05, 4.69) is 33.7 Å². The predicted octanol–water partition coefficient (Wildman–Crippen LogP) is 1.19. The molecule has 0 unspecified atom stereocenters. The Kier molecular flexibility index (Phi) is 4.62. The van der Waals surface area contributed by atoms with Crippen molar-refractivity contribution < 1.29 is 5.11 Å². The van der Waals surface area contributed by atoms with Crippen LogP contribution in [0.4, 0.5) is 0 Å². The molecule has 2 aromatic heterocycles. The smallest absolute Gasteiger partial charge is 0.157 e. The van der Waals surface area contributed by atoms with Crippen LogP contribution in [0.3, 0.4) is 0 Å². The zero-order valence-electron chi connectivity index (χ0n) is 11.2. The number of fused-ring (bicyclic) bond motifs is 1. The van der Waals surface area contributed by atoms with Crippen LogP contribution in [0.25, 0.3) is 11.2 Å². The third-order valence-corrected chi connectivity index (χ3v) is 3.49. The zero-order valence-corrected chi connectivity index (χ0v) is 12.0. The number of aromatic nitrogens is 4. The van der Waals surface area contributed by atoms with Crippen LogP contribution in [-0.2, 0) is 6.54 Å². The summed E-state index contributed by atoms with van der Waals surface area (Å²) >= 11 is 5.11. The number of hydrogen-bond acceptors (Lipinski definition) is 5. The van der Waals surface area contributed by atoms with Gasteiger partial charge in [0.25, 0.3) is 0 Å². The topological polar surface area (TPSA) is 70.0 Å². The first-order chi connectivity index (χ1) is 9.15. The van der Waals surface area contributed by atoms with Crippen molar-refractivity contribution in [3.63, 3.8) is 0 Å². The predicted molar refractivity (Wildman–Crippen MR) is 76.5 cm³/mol. The van der Waals surface area contributed by atoms with Crippen molar-refractivity contribution in [2.75, 3.05) is 19.6 Å². The highest BCUT2D eigenvalue weighted by Crippen LogP contribution is 2.10. The van der Waals surface area contributed by atoms with Crippen LogP contribution in [0.5, 0.6) is 0 Å². The van der Waals surface area contributed by atoms with E-state index >= 15 is 0 Å². The van der Waals surface area contributed by atoms with Crippen LogP contribution < -0.4 is 0 Å². The van der Waals surface area contributed by atoms with Gasteiger partial charge in [-0.3, -0.25) is 0 Å². The molecule has 2 heterocycles. The first kappa shape index (κ1) is 14.1. The van der Waals surface area contributed by atoms with Gasteiger partial charge in [-0.2, -0.15) is 0 Å². The number of rotatable bonds is 6. The molecular formula is C12H19N5OS. The summed E-state index contributed by atoms with van der Waals surface area (Å²) in [5.41, 5.74) is 1.48. The van der Waals surface area contributed by atoms with Gasteiger partial charge in [0.05, 0.1) is 25.3 Å². The van der Waals surface area contributed by atoms with E-state index < -0.39 is 6.10 Å². The lowest BCUT2D eigenvalue weighted by atomic mass is 10.3. The molecule has 2 rings (SSSR count). The second-order valence-corrected chi connectivity index (χ2v) is 4.83. The highest BCUT2D eigenvalue weighted by Gasteiger charge is 2.12. The highest BCUT2D eigenvalue weighted by atomic mass is 32.1. The lowest BCUT2D eigenvalue weighted by Gasteiger charge is -2.22. The van der Waals surface area contributed by atoms with Crippen molar-refractivity contribution in [1.82, 2.24) is 24.4 Å². The maximum absolute atomic E-state index is 10.1. The fraction of sp³-hybridized carbons (Fsp3) is 0.583. The molecule has 0 fully saturated rings. The molecule has 0 aliphatic rings. The Morgan fingerprint density at radius 1 is 1.42 bits per heavy atom. The van der Waals surface area contributed by atoms with E-state index in [0.717, 1.165) is 18.7 Å². The zero-order chi connectivity index (χ0) is 13.8. The lowest BCUT2D eigenvalue weighted by molar-refractivity contribution is 0.104. The van der Waals surface area contributed by atoms with E-state index in [1.54, 1.807) is 12.7 Å². The van der Waals surface area contributed by atoms with Crippen molar-refractivity contribution in [1.29, 1.82) is 0 Å². The molecule has 0 saturated carbocycles. The van der Waals surface area contributed by atoms with E-state index in [1.165, 1.54) is 0 Å². The Morgan fingerprint density at radius 3 is 2.84 bits per heavy atom. The summed E-state index contributed by atoms with van der Waals surface area (Å²) in [5.74, 6) is 0. The van der Waals surface area contributed by atoms with E-state index in [0.29, 0.717) is 23.2 Å². The number of aliphatic hydroxyl groups excluding tert-OH is 1. The standard InChI is InChI=1S/C12H19N5OS/c1-3-16(4-2)5-9(18)6-17-8-15-10-11(17)13-7-14-12(10)19/h7-9,18H,3-6H2,1-2H3,(H,13,14,19)/t9-/m1/s1. The second-order valence-electron chi connectivity index (χ2n) is 4.44. The molecule has 2 aromatic rings. The molecule has 104 valence electrons. The summed E-state index contributed by atoms with van der Waals surface area (Å²) in [4.78, 5) is 13.4. The number of likely N-dealkylation sites (N-methyl/N-ethyl adjacent to an activating group) is 1. The van der Waals surface area contributed by atoms with Crippen LogP contribution in [0.15, 0.2) is 12.7 Å². The van der Waals surface area contributed by atoms with Crippen molar-refractivity contribution in [3.05, 3.63) is 17.3 Å². The van der Waals surface area contributed by atoms with E-state index in [1.807, 2.05) is 4.57 Å². The molecule has 19 heavy (non-hydrogen) atoms. The van der Waals surface area contributed by atoms with Gasteiger partial charge in [-0.15, -0.1) is 0 Å². The minimum absolute atomic E-state index is 0.438. The quantitative estimate of drug-likeness (QED) is 0.778. The second kappa shape index (κ2) is 6.23. The van der Waals surface area contributed by atoms with Crippen molar-refractivity contribution >= 4 is 23.4 Å². The summed E-state index contributed by atoms with van der Waals surface area (Å²) in [6.45, 7) is 7.19. The Morgan fingerprint density at radius 2 is 2.16 bits per heavy atom. The number of imidazole rings is 1. The lowest BCUT2D eigenvalue weighted by Crippen LogP contribution is -2.34. The van der Waals surface area contributed by atoms with Gasteiger partial charge < -0.3 is 19.6 Å². The van der Waals surface area contributed by atoms with E-state index in [4.69, 9.17) is 12.2 Å². The van der Waals surface area contributed by atoms with Crippen molar-refractivity contribution in [3.8, 4) is 0 Å². The van der Waals surface area contributed by atoms with Crippen LogP contribution >= 0.6 is 12.2 Å². The molecule has 2 N–H and O–H groups in total. The number of aromatic amines is 1. The molecule has 0 aliphatic carbocycles. The monoisotopic (exact) mass is 281 g/mol. The minimum atomic E-state index is -0.438. The molecular weight excluding hydrogens is 262 g/mol. The first-order valence-electron chi connectivity index (χ1n) is 6.44. The largest absolute Gasteiger partial charge is 0.390 e. The van der Waals surface area contributed by atoms with Crippen LogP contribution in [0, 0.1) is 4.64 Å². The third kappa shape index (κ3) is 3.17. The van der Waals surface area contributed by atoms with Gasteiger partial charge in [0.2, 0.25) is 0 Å². The molecule has 0 bridgehead atoms.